The summed E-state index contributed by atoms with van der Waals surface area (Å²) in [4.78, 5) is 23.2. The lowest BCUT2D eigenvalue weighted by molar-refractivity contribution is 0.112. The maximum absolute atomic E-state index is 12.3. The Kier molecular flexibility index (Phi) is 3.95. The Morgan fingerprint density at radius 2 is 1.89 bits per heavy atom. The summed E-state index contributed by atoms with van der Waals surface area (Å²) < 4.78 is 1.70. The van der Waals surface area contributed by atoms with Gasteiger partial charge in [0.25, 0.3) is 5.56 Å². The molecule has 0 saturated carbocycles. The number of carbonyl (C=O) groups is 1. The zero-order chi connectivity index (χ0) is 13.8. The van der Waals surface area contributed by atoms with Crippen molar-refractivity contribution in [2.75, 3.05) is 0 Å². The van der Waals surface area contributed by atoms with Crippen LogP contribution in [-0.4, -0.2) is 10.9 Å². The zero-order valence-corrected chi connectivity index (χ0v) is 11.2. The van der Waals surface area contributed by atoms with Gasteiger partial charge in [-0.15, -0.1) is 0 Å². The molecule has 3 nitrogen and oxygen atoms in total. The Morgan fingerprint density at radius 3 is 2.47 bits per heavy atom. The summed E-state index contributed by atoms with van der Waals surface area (Å²) >= 11 is 0. The molecule has 0 atom stereocenters. The zero-order valence-electron chi connectivity index (χ0n) is 11.2. The van der Waals surface area contributed by atoms with E-state index in [2.05, 4.69) is 0 Å². The molecule has 0 aliphatic heterocycles. The Bertz CT molecular complexity index is 642. The summed E-state index contributed by atoms with van der Waals surface area (Å²) in [6, 6.07) is 11.5. The summed E-state index contributed by atoms with van der Waals surface area (Å²) in [6.45, 7) is 4.46. The minimum Gasteiger partial charge on any atom is -0.307 e. The Hall–Kier alpha value is -2.16. The van der Waals surface area contributed by atoms with Crippen molar-refractivity contribution in [2.45, 2.75) is 26.8 Å². The number of hydrogen-bond acceptors (Lipinski definition) is 2. The van der Waals surface area contributed by atoms with Crippen molar-refractivity contribution in [3.8, 4) is 0 Å². The fourth-order valence-electron chi connectivity index (χ4n) is 2.36. The van der Waals surface area contributed by atoms with Crippen LogP contribution in [-0.2, 0) is 13.0 Å². The minimum atomic E-state index is -0.207. The molecule has 1 aromatic heterocycles. The van der Waals surface area contributed by atoms with E-state index in [-0.39, 0.29) is 11.1 Å². The maximum Gasteiger partial charge on any atom is 0.261 e. The van der Waals surface area contributed by atoms with Gasteiger partial charge in [-0.3, -0.25) is 9.59 Å². The van der Waals surface area contributed by atoms with Gasteiger partial charge in [-0.25, -0.2) is 0 Å². The topological polar surface area (TPSA) is 39.1 Å². The van der Waals surface area contributed by atoms with Crippen LogP contribution in [0.4, 0.5) is 0 Å². The average molecular weight is 255 g/mol. The van der Waals surface area contributed by atoms with E-state index in [0.717, 1.165) is 23.2 Å². The molecular formula is C16H17NO2. The van der Waals surface area contributed by atoms with E-state index < -0.39 is 0 Å². The third-order valence-corrected chi connectivity index (χ3v) is 3.29. The summed E-state index contributed by atoms with van der Waals surface area (Å²) in [6.07, 6.45) is 1.41. The number of carbonyl (C=O) groups excluding carboxylic acids is 1. The molecule has 3 heteroatoms. The van der Waals surface area contributed by atoms with Crippen molar-refractivity contribution in [1.82, 2.24) is 4.57 Å². The SMILES string of the molecule is CCc1c(C)cc(C=O)c(=O)n1Cc1ccccc1. The Morgan fingerprint density at radius 1 is 1.21 bits per heavy atom. The van der Waals surface area contributed by atoms with Crippen molar-refractivity contribution >= 4 is 6.29 Å². The van der Waals surface area contributed by atoms with Gasteiger partial charge in [0.1, 0.15) is 0 Å². The first-order valence-electron chi connectivity index (χ1n) is 6.39. The van der Waals surface area contributed by atoms with Gasteiger partial charge in [0.2, 0.25) is 0 Å². The van der Waals surface area contributed by atoms with Crippen LogP contribution in [0.3, 0.4) is 0 Å². The normalized spacial score (nSPS) is 10.4. The third-order valence-electron chi connectivity index (χ3n) is 3.29. The molecule has 1 heterocycles. The van der Waals surface area contributed by atoms with Gasteiger partial charge >= 0.3 is 0 Å². The Labute approximate surface area is 112 Å². The van der Waals surface area contributed by atoms with Gasteiger partial charge in [0, 0.05) is 5.69 Å². The lowest BCUT2D eigenvalue weighted by Crippen LogP contribution is -2.28. The number of aryl methyl sites for hydroxylation is 1. The van der Waals surface area contributed by atoms with Gasteiger partial charge in [-0.1, -0.05) is 37.3 Å². The van der Waals surface area contributed by atoms with E-state index in [4.69, 9.17) is 0 Å². The first-order chi connectivity index (χ1) is 9.17. The highest BCUT2D eigenvalue weighted by atomic mass is 16.1. The van der Waals surface area contributed by atoms with Gasteiger partial charge in [-0.2, -0.15) is 0 Å². The number of hydrogen-bond donors (Lipinski definition) is 0. The van der Waals surface area contributed by atoms with Crippen LogP contribution in [0, 0.1) is 6.92 Å². The van der Waals surface area contributed by atoms with E-state index in [1.165, 1.54) is 0 Å². The van der Waals surface area contributed by atoms with Crippen molar-refractivity contribution in [3.05, 3.63) is 69.1 Å². The van der Waals surface area contributed by atoms with Crippen LogP contribution in [0.2, 0.25) is 0 Å². The molecule has 0 spiro atoms. The van der Waals surface area contributed by atoms with Crippen LogP contribution >= 0.6 is 0 Å². The molecular weight excluding hydrogens is 238 g/mol. The molecule has 0 aliphatic carbocycles. The molecule has 19 heavy (non-hydrogen) atoms. The van der Waals surface area contributed by atoms with E-state index in [1.54, 1.807) is 10.6 Å². The summed E-state index contributed by atoms with van der Waals surface area (Å²) in [5.74, 6) is 0. The van der Waals surface area contributed by atoms with Crippen molar-refractivity contribution < 1.29 is 4.79 Å². The van der Waals surface area contributed by atoms with Gasteiger partial charge in [0.15, 0.2) is 6.29 Å². The second-order valence-corrected chi connectivity index (χ2v) is 4.58. The minimum absolute atomic E-state index is 0.207. The second kappa shape index (κ2) is 5.65. The monoisotopic (exact) mass is 255 g/mol. The van der Waals surface area contributed by atoms with E-state index in [1.807, 2.05) is 44.2 Å². The molecule has 0 amide bonds. The molecule has 0 radical (unpaired) electrons. The second-order valence-electron chi connectivity index (χ2n) is 4.58. The molecule has 0 bridgehead atoms. The van der Waals surface area contributed by atoms with E-state index >= 15 is 0 Å². The largest absolute Gasteiger partial charge is 0.307 e. The first kappa shape index (κ1) is 13.3. The standard InChI is InChI=1S/C16H17NO2/c1-3-15-12(2)9-14(11-18)16(19)17(15)10-13-7-5-4-6-8-13/h4-9,11H,3,10H2,1-2H3. The fourth-order valence-corrected chi connectivity index (χ4v) is 2.36. The van der Waals surface area contributed by atoms with Crippen LogP contribution < -0.4 is 5.56 Å². The molecule has 0 fully saturated rings. The fraction of sp³-hybridized carbons (Fsp3) is 0.250. The molecule has 98 valence electrons. The van der Waals surface area contributed by atoms with E-state index in [9.17, 15) is 9.59 Å². The van der Waals surface area contributed by atoms with Crippen LogP contribution in [0.5, 0.6) is 0 Å². The summed E-state index contributed by atoms with van der Waals surface area (Å²) in [7, 11) is 0. The Balaban J connectivity index is 2.57. The molecule has 2 aromatic rings. The highest BCUT2D eigenvalue weighted by Crippen LogP contribution is 2.10. The summed E-state index contributed by atoms with van der Waals surface area (Å²) in [5, 5.41) is 0. The molecule has 0 unspecified atom stereocenters. The molecule has 0 aliphatic rings. The number of benzene rings is 1. The number of aromatic nitrogens is 1. The highest BCUT2D eigenvalue weighted by molar-refractivity contribution is 5.74. The van der Waals surface area contributed by atoms with E-state index in [0.29, 0.717) is 12.8 Å². The third kappa shape index (κ3) is 2.65. The lowest BCUT2D eigenvalue weighted by atomic mass is 10.1. The predicted molar refractivity (Wildman–Crippen MR) is 75.7 cm³/mol. The lowest BCUT2D eigenvalue weighted by Gasteiger charge is -2.15. The molecule has 1 aromatic carbocycles. The smallest absolute Gasteiger partial charge is 0.261 e. The number of pyridine rings is 1. The van der Waals surface area contributed by atoms with Crippen LogP contribution in [0.1, 0.15) is 34.1 Å². The highest BCUT2D eigenvalue weighted by Gasteiger charge is 2.11. The molecule has 0 saturated heterocycles. The van der Waals surface area contributed by atoms with Gasteiger partial charge in [0.05, 0.1) is 12.1 Å². The predicted octanol–water partition coefficient (Wildman–Crippen LogP) is 2.58. The molecule has 0 N–H and O–H groups in total. The first-order valence-corrected chi connectivity index (χ1v) is 6.39. The van der Waals surface area contributed by atoms with Gasteiger partial charge in [-0.05, 0) is 30.5 Å². The van der Waals surface area contributed by atoms with Crippen LogP contribution in [0.25, 0.3) is 0 Å². The quantitative estimate of drug-likeness (QED) is 0.788. The van der Waals surface area contributed by atoms with Gasteiger partial charge < -0.3 is 4.57 Å². The number of nitrogens with zero attached hydrogens (tertiary/aromatic N) is 1. The number of rotatable bonds is 4. The van der Waals surface area contributed by atoms with Crippen molar-refractivity contribution in [2.24, 2.45) is 0 Å². The summed E-state index contributed by atoms with van der Waals surface area (Å²) in [5.41, 5.74) is 3.05. The molecule has 2 rings (SSSR count). The average Bonchev–Trinajstić information content (AvgIpc) is 2.44. The van der Waals surface area contributed by atoms with Crippen molar-refractivity contribution in [3.63, 3.8) is 0 Å². The maximum atomic E-state index is 12.3. The van der Waals surface area contributed by atoms with Crippen LogP contribution in [0.15, 0.2) is 41.2 Å². The van der Waals surface area contributed by atoms with Crippen molar-refractivity contribution in [1.29, 1.82) is 0 Å². The number of aldehydes is 1.